The molecule has 0 aromatic heterocycles. The molecule has 0 saturated carbocycles. The molecule has 5 heteroatoms. The van der Waals surface area contributed by atoms with E-state index in [4.69, 9.17) is 4.74 Å². The molecule has 2 nitrogen and oxygen atoms in total. The molecule has 0 radical (unpaired) electrons. The maximum Gasteiger partial charge on any atom is 0.146 e. The molecular weight excluding hydrogens is 294 g/mol. The van der Waals surface area contributed by atoms with Gasteiger partial charge in [-0.05, 0) is 34.0 Å². The highest BCUT2D eigenvalue weighted by Crippen LogP contribution is 2.36. The highest BCUT2D eigenvalue weighted by atomic mass is 79.9. The normalized spacial score (nSPS) is 15.1. The average molecular weight is 309 g/mol. The van der Waals surface area contributed by atoms with Crippen LogP contribution in [0, 0.1) is 17.6 Å². The molecule has 1 N–H and O–H groups in total. The Bertz CT molecular complexity index is 410. The molecule has 0 amide bonds. The Kier molecular flexibility index (Phi) is 4.63. The van der Waals surface area contributed by atoms with E-state index < -0.39 is 17.2 Å². The Hall–Kier alpha value is -0.520. The van der Waals surface area contributed by atoms with Gasteiger partial charge in [0.25, 0.3) is 0 Å². The van der Waals surface area contributed by atoms with Crippen LogP contribution in [-0.4, -0.2) is 18.8 Å². The van der Waals surface area contributed by atoms with Gasteiger partial charge in [-0.2, -0.15) is 0 Å². The van der Waals surface area contributed by atoms with Gasteiger partial charge in [0.15, 0.2) is 0 Å². The van der Waals surface area contributed by atoms with Crippen LogP contribution < -0.4 is 0 Å². The first-order valence-electron chi connectivity index (χ1n) is 5.20. The van der Waals surface area contributed by atoms with Crippen LogP contribution in [0.25, 0.3) is 0 Å². The van der Waals surface area contributed by atoms with Crippen LogP contribution in [0.5, 0.6) is 0 Å². The third-order valence-corrected chi connectivity index (χ3v) is 3.41. The monoisotopic (exact) mass is 308 g/mol. The molecule has 1 aromatic carbocycles. The van der Waals surface area contributed by atoms with Gasteiger partial charge in [0.2, 0.25) is 0 Å². The van der Waals surface area contributed by atoms with E-state index in [1.807, 2.05) is 0 Å². The lowest BCUT2D eigenvalue weighted by molar-refractivity contribution is -0.0747. The third-order valence-electron chi connectivity index (χ3n) is 2.80. The number of methoxy groups -OCH3 is 1. The summed E-state index contributed by atoms with van der Waals surface area (Å²) in [6.07, 6.45) is 0. The van der Waals surface area contributed by atoms with Crippen molar-refractivity contribution >= 4 is 15.9 Å². The fourth-order valence-corrected chi connectivity index (χ4v) is 2.00. The van der Waals surface area contributed by atoms with E-state index in [9.17, 15) is 13.9 Å². The number of hydrogen-bond acceptors (Lipinski definition) is 2. The van der Waals surface area contributed by atoms with Gasteiger partial charge in [-0.25, -0.2) is 8.78 Å². The van der Waals surface area contributed by atoms with Gasteiger partial charge >= 0.3 is 0 Å². The molecule has 1 aromatic rings. The van der Waals surface area contributed by atoms with Crippen molar-refractivity contribution < 1.29 is 18.6 Å². The Balaban J connectivity index is 3.43. The summed E-state index contributed by atoms with van der Waals surface area (Å²) in [6.45, 7) is 3.19. The maximum atomic E-state index is 13.9. The Morgan fingerprint density at radius 1 is 1.41 bits per heavy atom. The second kappa shape index (κ2) is 5.42. The summed E-state index contributed by atoms with van der Waals surface area (Å²) in [5.41, 5.74) is -2.05. The molecule has 0 aliphatic carbocycles. The highest BCUT2D eigenvalue weighted by Gasteiger charge is 2.39. The van der Waals surface area contributed by atoms with Crippen molar-refractivity contribution in [3.05, 3.63) is 33.8 Å². The predicted molar refractivity (Wildman–Crippen MR) is 64.7 cm³/mol. The van der Waals surface area contributed by atoms with Gasteiger partial charge in [0, 0.05) is 7.11 Å². The Morgan fingerprint density at radius 3 is 2.47 bits per heavy atom. The molecule has 0 bridgehead atoms. The zero-order valence-corrected chi connectivity index (χ0v) is 11.5. The fraction of sp³-hybridized carbons (Fsp3) is 0.500. The topological polar surface area (TPSA) is 29.5 Å². The summed E-state index contributed by atoms with van der Waals surface area (Å²) >= 11 is 2.98. The van der Waals surface area contributed by atoms with Gasteiger partial charge < -0.3 is 9.84 Å². The van der Waals surface area contributed by atoms with Gasteiger partial charge in [-0.15, -0.1) is 0 Å². The molecule has 0 fully saturated rings. The van der Waals surface area contributed by atoms with Crippen LogP contribution in [0.4, 0.5) is 8.78 Å². The zero-order valence-electron chi connectivity index (χ0n) is 9.93. The van der Waals surface area contributed by atoms with Gasteiger partial charge in [-0.1, -0.05) is 13.8 Å². The number of aliphatic hydroxyl groups is 1. The smallest absolute Gasteiger partial charge is 0.146 e. The first-order valence-corrected chi connectivity index (χ1v) is 5.99. The lowest BCUT2D eigenvalue weighted by Crippen LogP contribution is -2.39. The minimum atomic E-state index is -1.69. The summed E-state index contributed by atoms with van der Waals surface area (Å²) in [6, 6.07) is 2.38. The van der Waals surface area contributed by atoms with Crippen LogP contribution in [0.15, 0.2) is 16.6 Å². The molecule has 1 rings (SSSR count). The maximum absolute atomic E-state index is 13.9. The number of rotatable bonds is 4. The number of halogens is 3. The van der Waals surface area contributed by atoms with Crippen LogP contribution in [0.2, 0.25) is 0 Å². The van der Waals surface area contributed by atoms with Crippen molar-refractivity contribution in [2.45, 2.75) is 19.4 Å². The number of ether oxygens (including phenoxy) is 1. The standard InChI is InChI=1S/C12H15BrF2O2/c1-7(2)12(16,6-17-3)10-9(14)5-4-8(13)11(10)15/h4-5,7,16H,6H2,1-3H3. The molecule has 17 heavy (non-hydrogen) atoms. The van der Waals surface area contributed by atoms with Crippen LogP contribution in [0.1, 0.15) is 19.4 Å². The molecule has 0 heterocycles. The lowest BCUT2D eigenvalue weighted by atomic mass is 9.83. The number of benzene rings is 1. The molecule has 1 unspecified atom stereocenters. The van der Waals surface area contributed by atoms with Crippen LogP contribution in [-0.2, 0) is 10.3 Å². The van der Waals surface area contributed by atoms with Gasteiger partial charge in [0.1, 0.15) is 17.2 Å². The molecule has 0 saturated heterocycles. The minimum Gasteiger partial charge on any atom is -0.382 e. The van der Waals surface area contributed by atoms with Crippen molar-refractivity contribution in [2.75, 3.05) is 13.7 Å². The zero-order chi connectivity index (χ0) is 13.2. The SMILES string of the molecule is COCC(O)(c1c(F)ccc(Br)c1F)C(C)C. The minimum absolute atomic E-state index is 0.115. The molecule has 96 valence electrons. The van der Waals surface area contributed by atoms with Crippen molar-refractivity contribution in [2.24, 2.45) is 5.92 Å². The fourth-order valence-electron chi connectivity index (χ4n) is 1.67. The van der Waals surface area contributed by atoms with Crippen molar-refractivity contribution in [3.63, 3.8) is 0 Å². The molecular formula is C12H15BrF2O2. The van der Waals surface area contributed by atoms with Crippen LogP contribution >= 0.6 is 15.9 Å². The first kappa shape index (κ1) is 14.5. The van der Waals surface area contributed by atoms with Crippen LogP contribution in [0.3, 0.4) is 0 Å². The first-order chi connectivity index (χ1) is 7.84. The summed E-state index contributed by atoms with van der Waals surface area (Å²) in [4.78, 5) is 0. The summed E-state index contributed by atoms with van der Waals surface area (Å²) in [5, 5.41) is 10.4. The van der Waals surface area contributed by atoms with E-state index in [0.29, 0.717) is 0 Å². The molecule has 0 aliphatic heterocycles. The van der Waals surface area contributed by atoms with E-state index in [2.05, 4.69) is 15.9 Å². The summed E-state index contributed by atoms with van der Waals surface area (Å²) in [5.74, 6) is -1.96. The average Bonchev–Trinajstić information content (AvgIpc) is 2.24. The van der Waals surface area contributed by atoms with Crippen molar-refractivity contribution in [1.29, 1.82) is 0 Å². The van der Waals surface area contributed by atoms with E-state index in [1.165, 1.54) is 13.2 Å². The van der Waals surface area contributed by atoms with E-state index in [1.54, 1.807) is 13.8 Å². The van der Waals surface area contributed by atoms with E-state index >= 15 is 0 Å². The second-order valence-electron chi connectivity index (χ2n) is 4.23. The van der Waals surface area contributed by atoms with E-state index in [0.717, 1.165) is 6.07 Å². The van der Waals surface area contributed by atoms with E-state index in [-0.39, 0.29) is 22.6 Å². The number of hydrogen-bond donors (Lipinski definition) is 1. The van der Waals surface area contributed by atoms with Crippen molar-refractivity contribution in [3.8, 4) is 0 Å². The second-order valence-corrected chi connectivity index (χ2v) is 5.08. The largest absolute Gasteiger partial charge is 0.382 e. The predicted octanol–water partition coefficient (Wildman–Crippen LogP) is 3.22. The Labute approximate surface area is 108 Å². The van der Waals surface area contributed by atoms with Crippen molar-refractivity contribution in [1.82, 2.24) is 0 Å². The van der Waals surface area contributed by atoms with Gasteiger partial charge in [-0.3, -0.25) is 0 Å². The molecule has 0 aliphatic rings. The summed E-state index contributed by atoms with van der Waals surface area (Å²) < 4.78 is 32.7. The third kappa shape index (κ3) is 2.67. The quantitative estimate of drug-likeness (QED) is 0.866. The highest BCUT2D eigenvalue weighted by molar-refractivity contribution is 9.10. The van der Waals surface area contributed by atoms with Gasteiger partial charge in [0.05, 0.1) is 16.6 Å². The lowest BCUT2D eigenvalue weighted by Gasteiger charge is -2.32. The molecule has 1 atom stereocenters. The Morgan fingerprint density at radius 2 is 2.00 bits per heavy atom. The summed E-state index contributed by atoms with van der Waals surface area (Å²) in [7, 11) is 1.38. The molecule has 0 spiro atoms.